The number of rotatable bonds is 5. The molecule has 1 aromatic carbocycles. The number of fused-ring (bicyclic) bond motifs is 1. The number of nitrogens with zero attached hydrogens (tertiary/aromatic N) is 3. The molecular formula is C18H14F6N4O2. The van der Waals surface area contributed by atoms with Crippen molar-refractivity contribution in [1.82, 2.24) is 19.7 Å². The second kappa shape index (κ2) is 7.03. The Hall–Kier alpha value is -3.05. The zero-order valence-electron chi connectivity index (χ0n) is 15.3. The molecule has 12 heteroatoms. The number of hydrogen-bond acceptors (Lipinski definition) is 4. The first-order chi connectivity index (χ1) is 14.0. The number of aromatic nitrogens is 4. The van der Waals surface area contributed by atoms with E-state index in [0.717, 1.165) is 16.8 Å². The van der Waals surface area contributed by atoms with Crippen LogP contribution in [0.1, 0.15) is 42.4 Å². The molecule has 1 N–H and O–H groups in total. The molecule has 3 aromatic rings. The van der Waals surface area contributed by atoms with Gasteiger partial charge < -0.3 is 9.72 Å². The van der Waals surface area contributed by atoms with E-state index in [4.69, 9.17) is 0 Å². The second-order valence-corrected chi connectivity index (χ2v) is 7.00. The maximum absolute atomic E-state index is 14.3. The fraction of sp³-hybridized carbons (Fsp3) is 0.389. The molecule has 0 spiro atoms. The molecule has 0 saturated heterocycles. The Bertz CT molecular complexity index is 1170. The van der Waals surface area contributed by atoms with E-state index in [9.17, 15) is 31.1 Å². The molecular weight excluding hydrogens is 418 g/mol. The Morgan fingerprint density at radius 2 is 1.97 bits per heavy atom. The van der Waals surface area contributed by atoms with Gasteiger partial charge in [0.25, 0.3) is 12.0 Å². The van der Waals surface area contributed by atoms with Gasteiger partial charge in [-0.15, -0.1) is 13.2 Å². The first-order valence-corrected chi connectivity index (χ1v) is 8.87. The molecule has 4 rings (SSSR count). The van der Waals surface area contributed by atoms with E-state index in [0.29, 0.717) is 12.8 Å². The smallest absolute Gasteiger partial charge is 0.403 e. The molecule has 1 aliphatic carbocycles. The number of benzene rings is 1. The summed E-state index contributed by atoms with van der Waals surface area (Å²) < 4.78 is 83.2. The van der Waals surface area contributed by atoms with Gasteiger partial charge in [-0.3, -0.25) is 4.79 Å². The largest absolute Gasteiger partial charge is 0.573 e. The molecule has 2 heterocycles. The average molecular weight is 432 g/mol. The van der Waals surface area contributed by atoms with Gasteiger partial charge in [-0.1, -0.05) is 6.07 Å². The highest BCUT2D eigenvalue weighted by Gasteiger charge is 2.38. The Morgan fingerprint density at radius 1 is 1.27 bits per heavy atom. The summed E-state index contributed by atoms with van der Waals surface area (Å²) in [5.74, 6) is -2.23. The minimum atomic E-state index is -5.06. The van der Waals surface area contributed by atoms with Crippen molar-refractivity contribution in [2.75, 3.05) is 0 Å². The number of ether oxygens (including phenoxy) is 1. The van der Waals surface area contributed by atoms with Crippen molar-refractivity contribution in [2.24, 2.45) is 5.92 Å². The Labute approximate surface area is 164 Å². The predicted octanol–water partition coefficient (Wildman–Crippen LogP) is 4.40. The molecule has 1 atom stereocenters. The SMILES string of the molecule is Cc1nc2c(c(C(F)F)nn2C(c2ccc(OC(F)(F)F)c(F)c2)C2CC2)c(=O)[nH]1. The van der Waals surface area contributed by atoms with Crippen molar-refractivity contribution in [3.05, 3.63) is 51.5 Å². The minimum absolute atomic E-state index is 0.0977. The lowest BCUT2D eigenvalue weighted by atomic mass is 10.0. The van der Waals surface area contributed by atoms with Gasteiger partial charge in [0.1, 0.15) is 16.9 Å². The summed E-state index contributed by atoms with van der Waals surface area (Å²) in [6, 6.07) is 2.09. The third-order valence-electron chi connectivity index (χ3n) is 4.77. The molecule has 160 valence electrons. The van der Waals surface area contributed by atoms with E-state index in [1.54, 1.807) is 0 Å². The zero-order chi connectivity index (χ0) is 21.8. The van der Waals surface area contributed by atoms with E-state index < -0.39 is 41.6 Å². The van der Waals surface area contributed by atoms with E-state index in [1.165, 1.54) is 13.0 Å². The van der Waals surface area contributed by atoms with Gasteiger partial charge in [-0.05, 0) is 43.4 Å². The molecule has 1 unspecified atom stereocenters. The van der Waals surface area contributed by atoms with Crippen LogP contribution in [0, 0.1) is 18.7 Å². The average Bonchev–Trinajstić information content (AvgIpc) is 3.37. The van der Waals surface area contributed by atoms with Crippen LogP contribution in [0.2, 0.25) is 0 Å². The first-order valence-electron chi connectivity index (χ1n) is 8.87. The summed E-state index contributed by atoms with van der Waals surface area (Å²) in [6.45, 7) is 1.47. The second-order valence-electron chi connectivity index (χ2n) is 7.00. The number of nitrogens with one attached hydrogen (secondary N) is 1. The number of halogens is 6. The summed E-state index contributed by atoms with van der Waals surface area (Å²) in [4.78, 5) is 18.7. The quantitative estimate of drug-likeness (QED) is 0.607. The molecule has 6 nitrogen and oxygen atoms in total. The van der Waals surface area contributed by atoms with E-state index in [1.807, 2.05) is 0 Å². The van der Waals surface area contributed by atoms with E-state index >= 15 is 0 Å². The van der Waals surface area contributed by atoms with Crippen LogP contribution >= 0.6 is 0 Å². The lowest BCUT2D eigenvalue weighted by Gasteiger charge is -2.19. The number of alkyl halides is 5. The Morgan fingerprint density at radius 3 is 2.53 bits per heavy atom. The van der Waals surface area contributed by atoms with Crippen LogP contribution in [0.25, 0.3) is 11.0 Å². The molecule has 1 fully saturated rings. The van der Waals surface area contributed by atoms with Crippen LogP contribution in [0.5, 0.6) is 5.75 Å². The minimum Gasteiger partial charge on any atom is -0.403 e. The van der Waals surface area contributed by atoms with Crippen molar-refractivity contribution >= 4 is 11.0 Å². The molecule has 1 saturated carbocycles. The van der Waals surface area contributed by atoms with Crippen molar-refractivity contribution in [3.63, 3.8) is 0 Å². The third kappa shape index (κ3) is 3.73. The number of hydrogen-bond donors (Lipinski definition) is 1. The normalized spacial score (nSPS) is 15.7. The maximum Gasteiger partial charge on any atom is 0.573 e. The van der Waals surface area contributed by atoms with Crippen LogP contribution in [-0.2, 0) is 0 Å². The summed E-state index contributed by atoms with van der Waals surface area (Å²) in [5.41, 5.74) is -1.44. The summed E-state index contributed by atoms with van der Waals surface area (Å²) in [5, 5.41) is 3.51. The summed E-state index contributed by atoms with van der Waals surface area (Å²) >= 11 is 0. The fourth-order valence-corrected chi connectivity index (χ4v) is 3.46. The van der Waals surface area contributed by atoms with Crippen molar-refractivity contribution < 1.29 is 31.1 Å². The highest BCUT2D eigenvalue weighted by atomic mass is 19.4. The number of H-pyrrole nitrogens is 1. The van der Waals surface area contributed by atoms with Crippen LogP contribution in [-0.4, -0.2) is 26.1 Å². The number of aromatic amines is 1. The lowest BCUT2D eigenvalue weighted by Crippen LogP contribution is -2.19. The van der Waals surface area contributed by atoms with Crippen LogP contribution in [0.15, 0.2) is 23.0 Å². The van der Waals surface area contributed by atoms with Gasteiger partial charge >= 0.3 is 6.36 Å². The summed E-state index contributed by atoms with van der Waals surface area (Å²) in [6.07, 6.45) is -6.79. The topological polar surface area (TPSA) is 72.8 Å². The standard InChI is InChI=1S/C18H14F6N4O2/c1-7-25-16-12(17(29)26-7)13(15(20)21)27-28(16)14(8-2-3-8)9-4-5-11(10(19)6-9)30-18(22,23)24/h4-6,8,14-15H,2-3H2,1H3,(H,25,26,29). The zero-order valence-corrected chi connectivity index (χ0v) is 15.3. The van der Waals surface area contributed by atoms with Gasteiger partial charge in [-0.25, -0.2) is 22.8 Å². The highest BCUT2D eigenvalue weighted by molar-refractivity contribution is 5.78. The molecule has 1 aliphatic rings. The molecule has 0 bridgehead atoms. The van der Waals surface area contributed by atoms with Gasteiger partial charge in [0.05, 0.1) is 6.04 Å². The molecule has 0 aliphatic heterocycles. The van der Waals surface area contributed by atoms with Crippen molar-refractivity contribution in [1.29, 1.82) is 0 Å². The predicted molar refractivity (Wildman–Crippen MR) is 91.8 cm³/mol. The van der Waals surface area contributed by atoms with E-state index in [2.05, 4.69) is 19.8 Å². The number of aryl methyl sites for hydroxylation is 1. The lowest BCUT2D eigenvalue weighted by molar-refractivity contribution is -0.275. The molecule has 0 amide bonds. The highest BCUT2D eigenvalue weighted by Crippen LogP contribution is 2.45. The van der Waals surface area contributed by atoms with Crippen molar-refractivity contribution in [2.45, 2.75) is 38.6 Å². The molecule has 2 aromatic heterocycles. The van der Waals surface area contributed by atoms with Crippen molar-refractivity contribution in [3.8, 4) is 5.75 Å². The summed E-state index contributed by atoms with van der Waals surface area (Å²) in [7, 11) is 0. The molecule has 30 heavy (non-hydrogen) atoms. The monoisotopic (exact) mass is 432 g/mol. The Kier molecular flexibility index (Phi) is 4.74. The van der Waals surface area contributed by atoms with Gasteiger partial charge in [-0.2, -0.15) is 5.10 Å². The Balaban J connectivity index is 1.87. The third-order valence-corrected chi connectivity index (χ3v) is 4.77. The molecule has 0 radical (unpaired) electrons. The first kappa shape index (κ1) is 20.2. The van der Waals surface area contributed by atoms with Gasteiger partial charge in [0.15, 0.2) is 17.2 Å². The van der Waals surface area contributed by atoms with Crippen LogP contribution in [0.3, 0.4) is 0 Å². The van der Waals surface area contributed by atoms with Crippen LogP contribution < -0.4 is 10.3 Å². The van der Waals surface area contributed by atoms with Crippen LogP contribution in [0.4, 0.5) is 26.3 Å². The fourth-order valence-electron chi connectivity index (χ4n) is 3.46. The van der Waals surface area contributed by atoms with E-state index in [-0.39, 0.29) is 28.3 Å². The van der Waals surface area contributed by atoms with Gasteiger partial charge in [0.2, 0.25) is 0 Å². The maximum atomic E-state index is 14.3. The van der Waals surface area contributed by atoms with Gasteiger partial charge in [0, 0.05) is 0 Å².